The number of rotatable bonds is 3. The van der Waals surface area contributed by atoms with Crippen molar-refractivity contribution < 1.29 is 9.59 Å². The van der Waals surface area contributed by atoms with Gasteiger partial charge in [-0.15, -0.1) is 0 Å². The molecule has 0 aromatic rings. The lowest BCUT2D eigenvalue weighted by molar-refractivity contribution is -0.119. The number of halogens is 1. The van der Waals surface area contributed by atoms with E-state index in [1.165, 1.54) is 6.92 Å². The van der Waals surface area contributed by atoms with Gasteiger partial charge in [0.15, 0.2) is 0 Å². The quantitative estimate of drug-likeness (QED) is 0.732. The van der Waals surface area contributed by atoms with Crippen molar-refractivity contribution in [1.29, 1.82) is 0 Å². The van der Waals surface area contributed by atoms with Gasteiger partial charge in [0, 0.05) is 19.4 Å². The summed E-state index contributed by atoms with van der Waals surface area (Å²) in [6.45, 7) is 2.26. The first-order chi connectivity index (χ1) is 6.59. The first-order valence-corrected chi connectivity index (χ1v) is 5.41. The largest absolute Gasteiger partial charge is 0.356 e. The van der Waals surface area contributed by atoms with Gasteiger partial charge in [-0.3, -0.25) is 9.59 Å². The molecule has 0 bridgehead atoms. The topological polar surface area (TPSA) is 46.2 Å². The second-order valence-electron chi connectivity index (χ2n) is 3.96. The molecule has 0 aromatic heterocycles. The lowest BCUT2D eigenvalue weighted by atomic mass is 9.82. The highest BCUT2D eigenvalue weighted by molar-refractivity contribution is 6.63. The molecule has 0 spiro atoms. The predicted octanol–water partition coefficient (Wildman–Crippen LogP) is 1.69. The molecule has 1 saturated carbocycles. The molecule has 1 amide bonds. The Balaban J connectivity index is 2.22. The molecule has 0 atom stereocenters. The fraction of sp³-hybridized carbons (Fsp3) is 0.800. The molecule has 1 fully saturated rings. The second-order valence-corrected chi connectivity index (χ2v) is 4.33. The molecule has 0 radical (unpaired) electrons. The summed E-state index contributed by atoms with van der Waals surface area (Å²) in [6.07, 6.45) is 3.71. The summed E-state index contributed by atoms with van der Waals surface area (Å²) < 4.78 is 0. The van der Waals surface area contributed by atoms with Gasteiger partial charge >= 0.3 is 0 Å². The number of carbonyl (C=O) groups is 2. The molecule has 1 aliphatic carbocycles. The normalized spacial score (nSPS) is 27.0. The highest BCUT2D eigenvalue weighted by Gasteiger charge is 2.24. The van der Waals surface area contributed by atoms with Crippen LogP contribution in [0.3, 0.4) is 0 Å². The molecule has 0 unspecified atom stereocenters. The van der Waals surface area contributed by atoms with Crippen molar-refractivity contribution in [3.05, 3.63) is 0 Å². The van der Waals surface area contributed by atoms with Gasteiger partial charge in [-0.25, -0.2) is 0 Å². The van der Waals surface area contributed by atoms with Crippen molar-refractivity contribution in [3.63, 3.8) is 0 Å². The predicted molar refractivity (Wildman–Crippen MR) is 55.0 cm³/mol. The smallest absolute Gasteiger partial charge is 0.224 e. The van der Waals surface area contributed by atoms with E-state index < -0.39 is 0 Å². The molecule has 1 aliphatic rings. The van der Waals surface area contributed by atoms with Crippen LogP contribution in [-0.4, -0.2) is 17.7 Å². The van der Waals surface area contributed by atoms with E-state index in [0.29, 0.717) is 5.92 Å². The first kappa shape index (κ1) is 11.5. The van der Waals surface area contributed by atoms with Crippen molar-refractivity contribution in [2.24, 2.45) is 11.8 Å². The maximum Gasteiger partial charge on any atom is 0.224 e. The van der Waals surface area contributed by atoms with E-state index in [0.717, 1.165) is 32.2 Å². The van der Waals surface area contributed by atoms with Crippen LogP contribution in [0.1, 0.15) is 32.6 Å². The van der Waals surface area contributed by atoms with Gasteiger partial charge in [-0.05, 0) is 43.2 Å². The summed E-state index contributed by atoms with van der Waals surface area (Å²) in [5.41, 5.74) is 0. The highest BCUT2D eigenvalue weighted by atomic mass is 35.5. The summed E-state index contributed by atoms with van der Waals surface area (Å²) in [6, 6.07) is 0. The fourth-order valence-corrected chi connectivity index (χ4v) is 2.10. The van der Waals surface area contributed by atoms with Crippen LogP contribution >= 0.6 is 11.6 Å². The molecule has 3 nitrogen and oxygen atoms in total. The monoisotopic (exact) mass is 217 g/mol. The number of hydrogen-bond acceptors (Lipinski definition) is 2. The Morgan fingerprint density at radius 1 is 1.29 bits per heavy atom. The summed E-state index contributed by atoms with van der Waals surface area (Å²) in [5.74, 6) is 0.581. The van der Waals surface area contributed by atoms with E-state index in [9.17, 15) is 9.59 Å². The standard InChI is InChI=1S/C10H16ClNO2/c1-7(13)12-6-8-2-4-9(5-3-8)10(11)14/h8-9H,2-6H2,1H3,(H,12,13)/t8-,9-. The van der Waals surface area contributed by atoms with Crippen LogP contribution in [0.15, 0.2) is 0 Å². The molecule has 0 aromatic carbocycles. The van der Waals surface area contributed by atoms with Crippen molar-refractivity contribution in [3.8, 4) is 0 Å². The number of hydrogen-bond donors (Lipinski definition) is 1. The summed E-state index contributed by atoms with van der Waals surface area (Å²) in [4.78, 5) is 21.5. The van der Waals surface area contributed by atoms with Crippen LogP contribution in [0.5, 0.6) is 0 Å². The molecular formula is C10H16ClNO2. The maximum absolute atomic E-state index is 10.9. The Kier molecular flexibility index (Phi) is 4.39. The molecular weight excluding hydrogens is 202 g/mol. The second kappa shape index (κ2) is 5.35. The minimum absolute atomic E-state index is 0.0144. The van der Waals surface area contributed by atoms with Crippen molar-refractivity contribution in [1.82, 2.24) is 5.32 Å². The van der Waals surface area contributed by atoms with Gasteiger partial charge in [0.05, 0.1) is 0 Å². The molecule has 0 heterocycles. The van der Waals surface area contributed by atoms with E-state index in [2.05, 4.69) is 5.32 Å². The number of nitrogens with one attached hydrogen (secondary N) is 1. The molecule has 1 N–H and O–H groups in total. The lowest BCUT2D eigenvalue weighted by Gasteiger charge is -2.26. The average molecular weight is 218 g/mol. The van der Waals surface area contributed by atoms with Gasteiger partial charge in [0.2, 0.25) is 11.1 Å². The van der Waals surface area contributed by atoms with Crippen molar-refractivity contribution in [2.75, 3.05) is 6.54 Å². The van der Waals surface area contributed by atoms with E-state index in [-0.39, 0.29) is 17.1 Å². The zero-order valence-corrected chi connectivity index (χ0v) is 9.14. The van der Waals surface area contributed by atoms with Crippen LogP contribution in [0.4, 0.5) is 0 Å². The van der Waals surface area contributed by atoms with E-state index >= 15 is 0 Å². The SMILES string of the molecule is CC(=O)NC[C@H]1CC[C@H](C(=O)Cl)CC1. The third-order valence-electron chi connectivity index (χ3n) is 2.81. The molecule has 4 heteroatoms. The third kappa shape index (κ3) is 3.66. The van der Waals surface area contributed by atoms with E-state index in [1.54, 1.807) is 0 Å². The van der Waals surface area contributed by atoms with Gasteiger partial charge in [0.1, 0.15) is 0 Å². The van der Waals surface area contributed by atoms with Crippen LogP contribution in [0.2, 0.25) is 0 Å². The van der Waals surface area contributed by atoms with Crippen LogP contribution in [-0.2, 0) is 9.59 Å². The molecule has 0 saturated heterocycles. The Labute approximate surface area is 89.2 Å². The van der Waals surface area contributed by atoms with Gasteiger partial charge in [-0.1, -0.05) is 0 Å². The van der Waals surface area contributed by atoms with E-state index in [4.69, 9.17) is 11.6 Å². The van der Waals surface area contributed by atoms with Gasteiger partial charge in [0.25, 0.3) is 0 Å². The van der Waals surface area contributed by atoms with Crippen LogP contribution < -0.4 is 5.32 Å². The Morgan fingerprint density at radius 3 is 2.29 bits per heavy atom. The molecule has 0 aliphatic heterocycles. The Hall–Kier alpha value is -0.570. The van der Waals surface area contributed by atoms with Crippen molar-refractivity contribution >= 4 is 22.8 Å². The summed E-state index contributed by atoms with van der Waals surface area (Å²) in [7, 11) is 0. The van der Waals surface area contributed by atoms with Gasteiger partial charge in [-0.2, -0.15) is 0 Å². The van der Waals surface area contributed by atoms with E-state index in [1.807, 2.05) is 0 Å². The molecule has 1 rings (SSSR count). The van der Waals surface area contributed by atoms with Gasteiger partial charge < -0.3 is 5.32 Å². The minimum Gasteiger partial charge on any atom is -0.356 e. The maximum atomic E-state index is 10.9. The van der Waals surface area contributed by atoms with Crippen LogP contribution in [0.25, 0.3) is 0 Å². The first-order valence-electron chi connectivity index (χ1n) is 5.03. The molecule has 14 heavy (non-hydrogen) atoms. The zero-order valence-electron chi connectivity index (χ0n) is 8.38. The number of carbonyl (C=O) groups excluding carboxylic acids is 2. The highest BCUT2D eigenvalue weighted by Crippen LogP contribution is 2.29. The minimum atomic E-state index is -0.206. The lowest BCUT2D eigenvalue weighted by Crippen LogP contribution is -2.30. The summed E-state index contributed by atoms with van der Waals surface area (Å²) >= 11 is 5.42. The summed E-state index contributed by atoms with van der Waals surface area (Å²) in [5, 5.41) is 2.60. The average Bonchev–Trinajstić information content (AvgIpc) is 2.15. The Bertz CT molecular complexity index is 222. The third-order valence-corrected chi connectivity index (χ3v) is 3.12. The molecule has 80 valence electrons. The fourth-order valence-electron chi connectivity index (χ4n) is 1.88. The van der Waals surface area contributed by atoms with Crippen LogP contribution in [0, 0.1) is 11.8 Å². The Morgan fingerprint density at radius 2 is 1.86 bits per heavy atom. The van der Waals surface area contributed by atoms with Crippen molar-refractivity contribution in [2.45, 2.75) is 32.6 Å². The number of amides is 1. The zero-order chi connectivity index (χ0) is 10.6.